The number of Topliss-reactive ketones (excluding diaryl/α,β-unsaturated/α-hetero) is 1. The van der Waals surface area contributed by atoms with E-state index in [-0.39, 0.29) is 48.6 Å². The summed E-state index contributed by atoms with van der Waals surface area (Å²) in [6, 6.07) is 0. The van der Waals surface area contributed by atoms with Gasteiger partial charge in [0.1, 0.15) is 6.17 Å². The molecule has 9 heteroatoms. The Morgan fingerprint density at radius 3 is 2.76 bits per heavy atom. The summed E-state index contributed by atoms with van der Waals surface area (Å²) in [7, 11) is 0. The van der Waals surface area contributed by atoms with Crippen LogP contribution in [0.3, 0.4) is 0 Å². The molecular formula is C29H39FO7S. The highest BCUT2D eigenvalue weighted by Crippen LogP contribution is 2.70. The summed E-state index contributed by atoms with van der Waals surface area (Å²) in [5.74, 6) is -1.23. The number of aliphatic hydroxyl groups excluding tert-OH is 1. The maximum absolute atomic E-state index is 15.7. The third kappa shape index (κ3) is 4.06. The second kappa shape index (κ2) is 10.1. The molecule has 38 heavy (non-hydrogen) atoms. The molecule has 1 heterocycles. The maximum atomic E-state index is 15.7. The first-order valence-corrected chi connectivity index (χ1v) is 14.6. The molecule has 0 aromatic rings. The number of allylic oxidation sites excluding steroid dienone is 4. The third-order valence-corrected chi connectivity index (χ3v) is 10.4. The molecular weight excluding hydrogens is 511 g/mol. The Kier molecular flexibility index (Phi) is 7.46. The van der Waals surface area contributed by atoms with Crippen molar-refractivity contribution in [1.29, 1.82) is 0 Å². The van der Waals surface area contributed by atoms with Gasteiger partial charge in [-0.05, 0) is 67.4 Å². The van der Waals surface area contributed by atoms with Gasteiger partial charge in [-0.25, -0.2) is 4.39 Å². The minimum Gasteiger partial charge on any atom is -0.458 e. The molecule has 10 atom stereocenters. The van der Waals surface area contributed by atoms with Gasteiger partial charge in [0.25, 0.3) is 0 Å². The Balaban J connectivity index is 1.49. The molecule has 0 radical (unpaired) electrons. The zero-order valence-electron chi connectivity index (χ0n) is 22.4. The van der Waals surface area contributed by atoms with Crippen molar-refractivity contribution in [3.8, 4) is 0 Å². The first kappa shape index (κ1) is 28.0. The summed E-state index contributed by atoms with van der Waals surface area (Å²) in [5.41, 5.74) is -2.60. The van der Waals surface area contributed by atoms with Crippen LogP contribution in [0.15, 0.2) is 23.8 Å². The molecule has 0 bridgehead atoms. The van der Waals surface area contributed by atoms with Crippen LogP contribution in [0.5, 0.6) is 0 Å². The van der Waals surface area contributed by atoms with Crippen molar-refractivity contribution < 1.29 is 38.1 Å². The Morgan fingerprint density at radius 1 is 1.29 bits per heavy atom. The number of esters is 1. The number of carbonyl (C=O) groups is 3. The van der Waals surface area contributed by atoms with Crippen molar-refractivity contribution in [2.45, 2.75) is 96.0 Å². The van der Waals surface area contributed by atoms with E-state index in [1.165, 1.54) is 12.2 Å². The largest absolute Gasteiger partial charge is 0.458 e. The van der Waals surface area contributed by atoms with Crippen LogP contribution in [0.1, 0.15) is 65.7 Å². The van der Waals surface area contributed by atoms with Crippen molar-refractivity contribution >= 4 is 30.2 Å². The molecule has 4 fully saturated rings. The van der Waals surface area contributed by atoms with Crippen LogP contribution < -0.4 is 0 Å². The number of fused-ring (bicyclic) bond motifs is 7. The van der Waals surface area contributed by atoms with Gasteiger partial charge in [0, 0.05) is 23.2 Å². The second-order valence-corrected chi connectivity index (χ2v) is 12.6. The molecule has 3 saturated carbocycles. The van der Waals surface area contributed by atoms with Gasteiger partial charge in [-0.2, -0.15) is 12.6 Å². The molecule has 4 aliphatic carbocycles. The summed E-state index contributed by atoms with van der Waals surface area (Å²) in [5, 5.41) is 11.7. The predicted molar refractivity (Wildman–Crippen MR) is 140 cm³/mol. The standard InChI is InChI=1S/C29H39FO7S/c1-4-6-25-36-23-13-18-17-12-20(30)19-11-16(31)8-9-27(19,2)26(17)21(32)14-28(18,3)29(23,37-25)22(33)15-35-24(34)7-5-10-38/h8-9,11,17-18,20-21,23,25-26,32,38H,4-7,10,12-15H2,1-3H3/t17-,18-,20-,21-,23+,25?,26+,27-,28-,29+/m0/s1. The minimum absolute atomic E-state index is 0.157. The van der Waals surface area contributed by atoms with Crippen molar-refractivity contribution in [3.05, 3.63) is 23.8 Å². The monoisotopic (exact) mass is 550 g/mol. The molecule has 5 rings (SSSR count). The summed E-state index contributed by atoms with van der Waals surface area (Å²) >= 11 is 4.12. The van der Waals surface area contributed by atoms with E-state index in [9.17, 15) is 19.5 Å². The molecule has 210 valence electrons. The van der Waals surface area contributed by atoms with Gasteiger partial charge in [0.05, 0.1) is 12.2 Å². The summed E-state index contributed by atoms with van der Waals surface area (Å²) in [4.78, 5) is 38.3. The maximum Gasteiger partial charge on any atom is 0.306 e. The van der Waals surface area contributed by atoms with Crippen LogP contribution in [0.2, 0.25) is 0 Å². The van der Waals surface area contributed by atoms with E-state index in [0.29, 0.717) is 30.6 Å². The van der Waals surface area contributed by atoms with Gasteiger partial charge in [-0.15, -0.1) is 0 Å². The van der Waals surface area contributed by atoms with E-state index in [1.54, 1.807) is 6.08 Å². The first-order valence-electron chi connectivity index (χ1n) is 13.9. The fourth-order valence-electron chi connectivity index (χ4n) is 8.56. The lowest BCUT2D eigenvalue weighted by molar-refractivity contribution is -0.203. The number of aliphatic hydroxyl groups is 1. The summed E-state index contributed by atoms with van der Waals surface area (Å²) in [6.07, 6.45) is 4.36. The number of rotatable bonds is 8. The molecule has 0 aromatic heterocycles. The highest BCUT2D eigenvalue weighted by molar-refractivity contribution is 7.80. The van der Waals surface area contributed by atoms with Crippen LogP contribution in [-0.4, -0.2) is 65.3 Å². The third-order valence-electron chi connectivity index (χ3n) is 10.1. The number of halogens is 1. The van der Waals surface area contributed by atoms with E-state index in [0.717, 1.165) is 6.42 Å². The molecule has 5 aliphatic rings. The molecule has 0 aromatic carbocycles. The SMILES string of the molecule is CCCC1O[C@@H]2C[C@H]3[C@@H]4C[C@H](F)C5=CC(=O)C=C[C@]5(C)[C@H]4[C@@H](O)C[C@]3(C)[C@]2(C(=O)COC(=O)CCCS)O1. The number of hydrogen-bond acceptors (Lipinski definition) is 8. The summed E-state index contributed by atoms with van der Waals surface area (Å²) in [6.45, 7) is 5.44. The van der Waals surface area contributed by atoms with Crippen molar-refractivity contribution in [2.75, 3.05) is 12.4 Å². The van der Waals surface area contributed by atoms with Gasteiger partial charge in [-0.1, -0.05) is 33.3 Å². The second-order valence-electron chi connectivity index (χ2n) is 12.1. The van der Waals surface area contributed by atoms with Crippen molar-refractivity contribution in [3.63, 3.8) is 0 Å². The average molecular weight is 551 g/mol. The normalized spacial score (nSPS) is 45.1. The highest BCUT2D eigenvalue weighted by Gasteiger charge is 2.76. The van der Waals surface area contributed by atoms with E-state index < -0.39 is 53.7 Å². The van der Waals surface area contributed by atoms with Crippen LogP contribution >= 0.6 is 12.6 Å². The number of alkyl halides is 1. The van der Waals surface area contributed by atoms with Crippen LogP contribution in [0.4, 0.5) is 4.39 Å². The molecule has 1 unspecified atom stereocenters. The Hall–Kier alpha value is -1.55. The predicted octanol–water partition coefficient (Wildman–Crippen LogP) is 3.93. The number of carbonyl (C=O) groups excluding carboxylic acids is 3. The zero-order valence-corrected chi connectivity index (χ0v) is 23.3. The van der Waals surface area contributed by atoms with Crippen molar-refractivity contribution in [2.24, 2.45) is 28.6 Å². The van der Waals surface area contributed by atoms with Crippen molar-refractivity contribution in [1.82, 2.24) is 0 Å². The number of ketones is 2. The molecule has 7 nitrogen and oxygen atoms in total. The molecule has 1 N–H and O–H groups in total. The number of hydrogen-bond donors (Lipinski definition) is 2. The fraction of sp³-hybridized carbons (Fsp3) is 0.759. The minimum atomic E-state index is -1.39. The quantitative estimate of drug-likeness (QED) is 0.349. The number of thiol groups is 1. The first-order chi connectivity index (χ1) is 18.0. The van der Waals surface area contributed by atoms with Gasteiger partial charge in [-0.3, -0.25) is 14.4 Å². The van der Waals surface area contributed by atoms with E-state index in [2.05, 4.69) is 12.6 Å². The van der Waals surface area contributed by atoms with Gasteiger partial charge in [0.15, 0.2) is 24.3 Å². The van der Waals surface area contributed by atoms with Crippen LogP contribution in [-0.2, 0) is 28.6 Å². The van der Waals surface area contributed by atoms with Crippen LogP contribution in [0.25, 0.3) is 0 Å². The molecule has 0 amide bonds. The average Bonchev–Trinajstić information content (AvgIpc) is 3.34. The zero-order chi connectivity index (χ0) is 27.5. The number of ether oxygens (including phenoxy) is 3. The smallest absolute Gasteiger partial charge is 0.306 e. The van der Waals surface area contributed by atoms with E-state index in [4.69, 9.17) is 14.2 Å². The lowest BCUT2D eigenvalue weighted by atomic mass is 9.46. The Bertz CT molecular complexity index is 1060. The van der Waals surface area contributed by atoms with E-state index >= 15 is 4.39 Å². The Morgan fingerprint density at radius 2 is 2.05 bits per heavy atom. The van der Waals surface area contributed by atoms with E-state index in [1.807, 2.05) is 20.8 Å². The molecule has 1 aliphatic heterocycles. The molecule has 0 spiro atoms. The summed E-state index contributed by atoms with van der Waals surface area (Å²) < 4.78 is 33.9. The van der Waals surface area contributed by atoms with Crippen LogP contribution in [0, 0.1) is 28.6 Å². The topological polar surface area (TPSA) is 99.1 Å². The lowest BCUT2D eigenvalue weighted by Crippen LogP contribution is -2.64. The highest BCUT2D eigenvalue weighted by atomic mass is 32.1. The fourth-order valence-corrected chi connectivity index (χ4v) is 8.72. The van der Waals surface area contributed by atoms with Gasteiger partial charge >= 0.3 is 5.97 Å². The Labute approximate surface area is 228 Å². The lowest BCUT2D eigenvalue weighted by Gasteiger charge is -2.60. The molecule has 1 saturated heterocycles. The van der Waals surface area contributed by atoms with Gasteiger partial charge < -0.3 is 19.3 Å². The van der Waals surface area contributed by atoms with Gasteiger partial charge in [0.2, 0.25) is 5.78 Å².